The number of nitrogens with one attached hydrogen (secondary N) is 1. The molecule has 0 radical (unpaired) electrons. The zero-order chi connectivity index (χ0) is 16.3. The van der Waals surface area contributed by atoms with Crippen molar-refractivity contribution in [3.63, 3.8) is 0 Å². The lowest BCUT2D eigenvalue weighted by molar-refractivity contribution is 0.494. The number of aryl methyl sites for hydroxylation is 1. The predicted molar refractivity (Wildman–Crippen MR) is 85.3 cm³/mol. The van der Waals surface area contributed by atoms with Gasteiger partial charge in [0.05, 0.1) is 12.1 Å². The largest absolute Gasteiger partial charge is 0.419 e. The van der Waals surface area contributed by atoms with Crippen LogP contribution in [-0.2, 0) is 23.0 Å². The summed E-state index contributed by atoms with van der Waals surface area (Å²) in [5.74, 6) is 0.497. The minimum Gasteiger partial charge on any atom is -0.419 e. The van der Waals surface area contributed by atoms with E-state index in [1.54, 1.807) is 30.6 Å². The smallest absolute Gasteiger partial charge is 0.250 e. The molecule has 0 unspecified atom stereocenters. The molecule has 0 bridgehead atoms. The summed E-state index contributed by atoms with van der Waals surface area (Å²) in [5.41, 5.74) is 0.681. The van der Waals surface area contributed by atoms with E-state index in [1.165, 1.54) is 11.3 Å². The van der Waals surface area contributed by atoms with Crippen LogP contribution in [0.4, 0.5) is 0 Å². The van der Waals surface area contributed by atoms with Crippen molar-refractivity contribution in [1.82, 2.24) is 19.9 Å². The van der Waals surface area contributed by atoms with Gasteiger partial charge in [-0.25, -0.2) is 13.1 Å². The fraction of sp³-hybridized carbons (Fsp3) is 0.214. The summed E-state index contributed by atoms with van der Waals surface area (Å²) in [6.45, 7) is 1.92. The van der Waals surface area contributed by atoms with E-state index in [4.69, 9.17) is 4.42 Å². The van der Waals surface area contributed by atoms with Gasteiger partial charge in [-0.1, -0.05) is 6.92 Å². The Balaban J connectivity index is 1.70. The van der Waals surface area contributed by atoms with Crippen LogP contribution in [0.2, 0.25) is 0 Å². The Bertz CT molecular complexity index is 888. The van der Waals surface area contributed by atoms with Crippen LogP contribution in [0.1, 0.15) is 17.7 Å². The van der Waals surface area contributed by atoms with Gasteiger partial charge in [0.2, 0.25) is 11.8 Å². The molecule has 7 nitrogen and oxygen atoms in total. The van der Waals surface area contributed by atoms with E-state index in [-0.39, 0.29) is 16.6 Å². The first-order valence-electron chi connectivity index (χ1n) is 6.89. The molecule has 23 heavy (non-hydrogen) atoms. The van der Waals surface area contributed by atoms with E-state index in [0.29, 0.717) is 11.5 Å². The Morgan fingerprint density at radius 1 is 1.26 bits per heavy atom. The average Bonchev–Trinajstić information content (AvgIpc) is 3.23. The minimum atomic E-state index is -3.57. The van der Waals surface area contributed by atoms with Crippen LogP contribution in [0.3, 0.4) is 0 Å². The van der Waals surface area contributed by atoms with Crippen molar-refractivity contribution >= 4 is 21.4 Å². The summed E-state index contributed by atoms with van der Waals surface area (Å²) in [4.78, 5) is 4.98. The van der Waals surface area contributed by atoms with Crippen molar-refractivity contribution < 1.29 is 12.8 Å². The van der Waals surface area contributed by atoms with E-state index < -0.39 is 10.0 Å². The predicted octanol–water partition coefficient (Wildman–Crippen LogP) is 2.23. The first kappa shape index (κ1) is 15.8. The lowest BCUT2D eigenvalue weighted by atomic mass is 10.3. The van der Waals surface area contributed by atoms with Crippen LogP contribution >= 0.6 is 11.3 Å². The van der Waals surface area contributed by atoms with Crippen molar-refractivity contribution in [1.29, 1.82) is 0 Å². The number of pyridine rings is 1. The summed E-state index contributed by atoms with van der Waals surface area (Å²) in [5, 5.41) is 7.73. The highest BCUT2D eigenvalue weighted by molar-refractivity contribution is 7.91. The van der Waals surface area contributed by atoms with Crippen molar-refractivity contribution in [2.24, 2.45) is 0 Å². The molecule has 3 aromatic rings. The molecule has 0 fully saturated rings. The van der Waals surface area contributed by atoms with Gasteiger partial charge in [0.25, 0.3) is 10.0 Å². The monoisotopic (exact) mass is 350 g/mol. The Labute approximate surface area is 137 Å². The third-order valence-corrected chi connectivity index (χ3v) is 6.16. The van der Waals surface area contributed by atoms with Crippen LogP contribution in [0.15, 0.2) is 45.3 Å². The number of nitrogens with zero attached hydrogens (tertiary/aromatic N) is 3. The average molecular weight is 350 g/mol. The van der Waals surface area contributed by atoms with Gasteiger partial charge >= 0.3 is 0 Å². The summed E-state index contributed by atoms with van der Waals surface area (Å²) < 4.78 is 32.6. The standard InChI is InChI=1S/C14H14N4O3S2/c1-2-11-5-6-13(22-11)23(19,20)16-9-12-17-18-14(21-12)10-4-3-7-15-8-10/h3-8,16H,2,9H2,1H3. The lowest BCUT2D eigenvalue weighted by Crippen LogP contribution is -2.22. The third kappa shape index (κ3) is 3.63. The molecule has 3 heterocycles. The molecule has 0 spiro atoms. The van der Waals surface area contributed by atoms with E-state index in [2.05, 4.69) is 19.9 Å². The van der Waals surface area contributed by atoms with Gasteiger partial charge in [0, 0.05) is 17.3 Å². The second-order valence-electron chi connectivity index (χ2n) is 4.64. The zero-order valence-electron chi connectivity index (χ0n) is 12.3. The Kier molecular flexibility index (Phi) is 4.51. The van der Waals surface area contributed by atoms with Gasteiger partial charge in [-0.05, 0) is 30.7 Å². The zero-order valence-corrected chi connectivity index (χ0v) is 13.9. The Morgan fingerprint density at radius 2 is 2.13 bits per heavy atom. The third-order valence-electron chi connectivity index (χ3n) is 3.04. The minimum absolute atomic E-state index is 0.0606. The molecule has 0 aliphatic heterocycles. The maximum atomic E-state index is 12.2. The molecular formula is C14H14N4O3S2. The second kappa shape index (κ2) is 6.57. The van der Waals surface area contributed by atoms with E-state index in [9.17, 15) is 8.42 Å². The number of thiophene rings is 1. The van der Waals surface area contributed by atoms with Gasteiger partial charge in [-0.15, -0.1) is 21.5 Å². The number of aromatic nitrogens is 3. The topological polar surface area (TPSA) is 98.0 Å². The summed E-state index contributed by atoms with van der Waals surface area (Å²) >= 11 is 1.25. The normalized spacial score (nSPS) is 11.7. The van der Waals surface area contributed by atoms with Crippen LogP contribution in [0.25, 0.3) is 11.5 Å². The Morgan fingerprint density at radius 3 is 2.83 bits per heavy atom. The van der Waals surface area contributed by atoms with Gasteiger partial charge in [-0.3, -0.25) is 4.98 Å². The Hall–Kier alpha value is -2.10. The SMILES string of the molecule is CCc1ccc(S(=O)(=O)NCc2nnc(-c3cccnc3)o2)s1. The molecule has 0 aromatic carbocycles. The quantitative estimate of drug-likeness (QED) is 0.732. The van der Waals surface area contributed by atoms with Crippen LogP contribution in [-0.4, -0.2) is 23.6 Å². The number of hydrogen-bond acceptors (Lipinski definition) is 7. The summed E-state index contributed by atoms with van der Waals surface area (Å²) in [6, 6.07) is 6.95. The molecule has 0 saturated carbocycles. The van der Waals surface area contributed by atoms with Gasteiger partial charge in [0.15, 0.2) is 0 Å². The van der Waals surface area contributed by atoms with E-state index in [1.807, 2.05) is 13.0 Å². The molecule has 0 aliphatic carbocycles. The molecule has 9 heteroatoms. The fourth-order valence-corrected chi connectivity index (χ4v) is 4.17. The summed E-state index contributed by atoms with van der Waals surface area (Å²) in [7, 11) is -3.57. The van der Waals surface area contributed by atoms with Gasteiger partial charge < -0.3 is 4.42 Å². The molecule has 0 atom stereocenters. The molecule has 3 rings (SSSR count). The second-order valence-corrected chi connectivity index (χ2v) is 7.80. The van der Waals surface area contributed by atoms with E-state index in [0.717, 1.165) is 11.3 Å². The van der Waals surface area contributed by atoms with Crippen molar-refractivity contribution in [3.8, 4) is 11.5 Å². The van der Waals surface area contributed by atoms with Crippen molar-refractivity contribution in [2.45, 2.75) is 24.1 Å². The molecule has 0 saturated heterocycles. The molecule has 0 aliphatic rings. The summed E-state index contributed by atoms with van der Waals surface area (Å²) in [6.07, 6.45) is 4.04. The lowest BCUT2D eigenvalue weighted by Gasteiger charge is -2.01. The highest BCUT2D eigenvalue weighted by Crippen LogP contribution is 2.22. The highest BCUT2D eigenvalue weighted by Gasteiger charge is 2.18. The first-order valence-corrected chi connectivity index (χ1v) is 9.19. The van der Waals surface area contributed by atoms with Crippen LogP contribution in [0, 0.1) is 0 Å². The molecule has 1 N–H and O–H groups in total. The maximum Gasteiger partial charge on any atom is 0.250 e. The van der Waals surface area contributed by atoms with Crippen LogP contribution in [0.5, 0.6) is 0 Å². The molecular weight excluding hydrogens is 336 g/mol. The number of hydrogen-bond donors (Lipinski definition) is 1. The van der Waals surface area contributed by atoms with Gasteiger partial charge in [0.1, 0.15) is 4.21 Å². The molecule has 3 aromatic heterocycles. The van der Waals surface area contributed by atoms with Crippen molar-refractivity contribution in [3.05, 3.63) is 47.4 Å². The maximum absolute atomic E-state index is 12.2. The first-order chi connectivity index (χ1) is 11.1. The number of sulfonamides is 1. The highest BCUT2D eigenvalue weighted by atomic mass is 32.2. The molecule has 120 valence electrons. The van der Waals surface area contributed by atoms with Crippen molar-refractivity contribution in [2.75, 3.05) is 0 Å². The van der Waals surface area contributed by atoms with Crippen LogP contribution < -0.4 is 4.72 Å². The molecule has 0 amide bonds. The van der Waals surface area contributed by atoms with E-state index >= 15 is 0 Å². The fourth-order valence-electron chi connectivity index (χ4n) is 1.85. The number of rotatable bonds is 6. The van der Waals surface area contributed by atoms with Gasteiger partial charge in [-0.2, -0.15) is 0 Å².